The third-order valence-electron chi connectivity index (χ3n) is 9.78. The zero-order chi connectivity index (χ0) is 35.9. The van der Waals surface area contributed by atoms with E-state index in [-0.39, 0.29) is 48.1 Å². The van der Waals surface area contributed by atoms with E-state index in [0.717, 1.165) is 86.0 Å². The zero-order valence-corrected chi connectivity index (χ0v) is 29.1. The lowest BCUT2D eigenvalue weighted by atomic mass is 10.1. The van der Waals surface area contributed by atoms with Crippen molar-refractivity contribution in [3.63, 3.8) is 0 Å². The van der Waals surface area contributed by atoms with E-state index >= 15 is 0 Å². The number of nitrogens with one attached hydrogen (secondary N) is 5. The maximum atomic E-state index is 13.0. The molecular formula is C40H44N8O4. The molecule has 0 radical (unpaired) electrons. The first-order valence-corrected chi connectivity index (χ1v) is 18.3. The molecule has 2 saturated carbocycles. The van der Waals surface area contributed by atoms with E-state index in [1.54, 1.807) is 11.1 Å². The highest BCUT2D eigenvalue weighted by atomic mass is 16.2. The number of carbonyl (C=O) groups is 4. The smallest absolute Gasteiger partial charge is 0.247 e. The SMILES string of the molecule is O=C(NCC(=O)N1CCCC1c1ncc(C#Cc2ccc(-c3cnc(CCCCNC(=O)C(NC(=O)C4CC4)c4ccccc4)[nH]3)cc2)[nH]1)C1CC1. The number of amides is 4. The molecule has 4 amide bonds. The van der Waals surface area contributed by atoms with Crippen LogP contribution < -0.4 is 16.0 Å². The maximum absolute atomic E-state index is 13.0. The highest BCUT2D eigenvalue weighted by molar-refractivity contribution is 5.90. The van der Waals surface area contributed by atoms with Crippen LogP contribution in [-0.2, 0) is 25.6 Å². The molecule has 2 unspecified atom stereocenters. The molecule has 12 heteroatoms. The van der Waals surface area contributed by atoms with Gasteiger partial charge in [0, 0.05) is 36.9 Å². The standard InChI is InChI=1S/C40H44N8O4/c49-35(25-44-38(50)29-16-17-29)48-22-6-9-33(48)37-43-23-31(45-37)20-13-26-11-14-27(15-12-26)32-24-42-34(46-32)10-4-5-21-41-40(52)36(28-7-2-1-3-8-28)47-39(51)30-18-19-30/h1-3,7-8,11-12,14-15,23-24,29-30,33,36H,4-6,9-10,16-19,21-22,25H2,(H,41,52)(H,42,46)(H,43,45)(H,44,50)(H,47,51). The Kier molecular flexibility index (Phi) is 10.8. The van der Waals surface area contributed by atoms with Crippen molar-refractivity contribution in [3.05, 3.63) is 95.5 Å². The van der Waals surface area contributed by atoms with E-state index in [1.807, 2.05) is 60.8 Å². The van der Waals surface area contributed by atoms with Crippen molar-refractivity contribution in [2.45, 2.75) is 69.9 Å². The highest BCUT2D eigenvalue weighted by Crippen LogP contribution is 2.32. The van der Waals surface area contributed by atoms with Crippen molar-refractivity contribution in [1.82, 2.24) is 40.8 Å². The molecule has 5 N–H and O–H groups in total. The van der Waals surface area contributed by atoms with Crippen molar-refractivity contribution >= 4 is 23.6 Å². The topological polar surface area (TPSA) is 165 Å². The average Bonchev–Trinajstić information content (AvgIpc) is 4.05. The van der Waals surface area contributed by atoms with Gasteiger partial charge in [-0.1, -0.05) is 48.4 Å². The van der Waals surface area contributed by atoms with Crippen LogP contribution in [0.15, 0.2) is 67.0 Å². The lowest BCUT2D eigenvalue weighted by molar-refractivity contribution is -0.134. The van der Waals surface area contributed by atoms with Gasteiger partial charge in [0.1, 0.15) is 23.4 Å². The van der Waals surface area contributed by atoms with Gasteiger partial charge in [-0.05, 0) is 80.5 Å². The van der Waals surface area contributed by atoms with Crippen LogP contribution in [0.5, 0.6) is 0 Å². The van der Waals surface area contributed by atoms with Crippen molar-refractivity contribution < 1.29 is 19.2 Å². The first kappa shape index (κ1) is 34.7. The number of aryl methyl sites for hydroxylation is 1. The van der Waals surface area contributed by atoms with Crippen molar-refractivity contribution in [1.29, 1.82) is 0 Å². The van der Waals surface area contributed by atoms with Crippen molar-refractivity contribution in [2.75, 3.05) is 19.6 Å². The van der Waals surface area contributed by atoms with Gasteiger partial charge in [0.15, 0.2) is 0 Å². The molecule has 12 nitrogen and oxygen atoms in total. The molecular weight excluding hydrogens is 656 g/mol. The Morgan fingerprint density at radius 2 is 1.60 bits per heavy atom. The van der Waals surface area contributed by atoms with Crippen LogP contribution in [-0.4, -0.2) is 68.1 Å². The van der Waals surface area contributed by atoms with Gasteiger partial charge in [0.2, 0.25) is 23.6 Å². The summed E-state index contributed by atoms with van der Waals surface area (Å²) in [5.74, 6) is 7.67. The van der Waals surface area contributed by atoms with E-state index < -0.39 is 6.04 Å². The number of unbranched alkanes of at least 4 members (excludes halogenated alkanes) is 1. The molecule has 268 valence electrons. The second-order valence-corrected chi connectivity index (χ2v) is 13.9. The molecule has 0 bridgehead atoms. The lowest BCUT2D eigenvalue weighted by Crippen LogP contribution is -2.41. The third kappa shape index (κ3) is 8.96. The minimum absolute atomic E-state index is 0.0240. The molecule has 52 heavy (non-hydrogen) atoms. The molecule has 3 aliphatic rings. The molecule has 7 rings (SSSR count). The molecule has 1 saturated heterocycles. The van der Waals surface area contributed by atoms with Gasteiger partial charge in [0.05, 0.1) is 30.7 Å². The van der Waals surface area contributed by atoms with E-state index in [9.17, 15) is 19.2 Å². The summed E-state index contributed by atoms with van der Waals surface area (Å²) in [7, 11) is 0. The first-order valence-electron chi connectivity index (χ1n) is 18.3. The molecule has 2 aromatic carbocycles. The third-order valence-corrected chi connectivity index (χ3v) is 9.78. The fraction of sp³-hybridized carbons (Fsp3) is 0.400. The predicted molar refractivity (Wildman–Crippen MR) is 194 cm³/mol. The molecule has 3 heterocycles. The summed E-state index contributed by atoms with van der Waals surface area (Å²) >= 11 is 0. The molecule has 4 aromatic rings. The van der Waals surface area contributed by atoms with Crippen LogP contribution in [0, 0.1) is 23.7 Å². The highest BCUT2D eigenvalue weighted by Gasteiger charge is 2.34. The average molecular weight is 701 g/mol. The summed E-state index contributed by atoms with van der Waals surface area (Å²) in [5, 5.41) is 8.69. The number of carbonyl (C=O) groups excluding carboxylic acids is 4. The number of H-pyrrole nitrogens is 2. The van der Waals surface area contributed by atoms with Gasteiger partial charge in [0.25, 0.3) is 0 Å². The van der Waals surface area contributed by atoms with Crippen molar-refractivity contribution in [3.8, 4) is 23.1 Å². The van der Waals surface area contributed by atoms with Crippen LogP contribution in [0.25, 0.3) is 11.3 Å². The summed E-state index contributed by atoms with van der Waals surface area (Å²) in [6, 6.07) is 16.5. The van der Waals surface area contributed by atoms with E-state index in [0.29, 0.717) is 24.6 Å². The van der Waals surface area contributed by atoms with E-state index in [2.05, 4.69) is 47.7 Å². The molecule has 1 aliphatic heterocycles. The monoisotopic (exact) mass is 700 g/mol. The van der Waals surface area contributed by atoms with Gasteiger partial charge in [-0.2, -0.15) is 0 Å². The Hall–Kier alpha value is -5.70. The number of benzene rings is 2. The molecule has 0 spiro atoms. The summed E-state index contributed by atoms with van der Waals surface area (Å²) < 4.78 is 0. The summed E-state index contributed by atoms with van der Waals surface area (Å²) in [4.78, 5) is 67.8. The molecule has 2 atom stereocenters. The lowest BCUT2D eigenvalue weighted by Gasteiger charge is -2.23. The molecule has 2 aliphatic carbocycles. The predicted octanol–water partition coefficient (Wildman–Crippen LogP) is 4.10. The van der Waals surface area contributed by atoms with Crippen LogP contribution >= 0.6 is 0 Å². The Balaban J connectivity index is 0.858. The normalized spacial score (nSPS) is 17.2. The van der Waals surface area contributed by atoms with Gasteiger partial charge in [-0.3, -0.25) is 19.2 Å². The van der Waals surface area contributed by atoms with Crippen LogP contribution in [0.2, 0.25) is 0 Å². The largest absolute Gasteiger partial charge is 0.354 e. The number of imidazole rings is 2. The number of nitrogens with zero attached hydrogens (tertiary/aromatic N) is 3. The summed E-state index contributed by atoms with van der Waals surface area (Å²) in [5.41, 5.74) is 4.22. The summed E-state index contributed by atoms with van der Waals surface area (Å²) in [6.07, 6.45) is 11.2. The van der Waals surface area contributed by atoms with Gasteiger partial charge < -0.3 is 30.8 Å². The Morgan fingerprint density at radius 1 is 0.827 bits per heavy atom. The second kappa shape index (κ2) is 16.1. The number of hydrogen-bond acceptors (Lipinski definition) is 6. The molecule has 3 fully saturated rings. The fourth-order valence-corrected chi connectivity index (χ4v) is 6.46. The van der Waals surface area contributed by atoms with Gasteiger partial charge in [-0.15, -0.1) is 0 Å². The Bertz CT molecular complexity index is 1950. The van der Waals surface area contributed by atoms with Gasteiger partial charge in [-0.25, -0.2) is 9.97 Å². The zero-order valence-electron chi connectivity index (χ0n) is 29.1. The second-order valence-electron chi connectivity index (χ2n) is 13.9. The van der Waals surface area contributed by atoms with Crippen LogP contribution in [0.1, 0.15) is 91.9 Å². The van der Waals surface area contributed by atoms with Crippen molar-refractivity contribution in [2.24, 2.45) is 11.8 Å². The van der Waals surface area contributed by atoms with Gasteiger partial charge >= 0.3 is 0 Å². The number of aromatic nitrogens is 4. The summed E-state index contributed by atoms with van der Waals surface area (Å²) in [6.45, 7) is 1.18. The van der Waals surface area contributed by atoms with E-state index in [1.165, 1.54) is 0 Å². The maximum Gasteiger partial charge on any atom is 0.247 e. The van der Waals surface area contributed by atoms with E-state index in [4.69, 9.17) is 0 Å². The Labute approximate surface area is 303 Å². The quantitative estimate of drug-likeness (QED) is 0.0982. The molecule has 2 aromatic heterocycles. The number of rotatable bonds is 14. The number of aromatic amines is 2. The first-order chi connectivity index (χ1) is 25.4. The minimum atomic E-state index is -0.692. The Morgan fingerprint density at radius 3 is 2.37 bits per heavy atom. The number of hydrogen-bond donors (Lipinski definition) is 5. The number of likely N-dealkylation sites (tertiary alicyclic amines) is 1. The van der Waals surface area contributed by atoms with Crippen LogP contribution in [0.4, 0.5) is 0 Å². The fourth-order valence-electron chi connectivity index (χ4n) is 6.46. The minimum Gasteiger partial charge on any atom is -0.354 e. The van der Waals surface area contributed by atoms with Crippen LogP contribution in [0.3, 0.4) is 0 Å².